The van der Waals surface area contributed by atoms with Gasteiger partial charge in [0.05, 0.1) is 0 Å². The number of anilines is 1. The van der Waals surface area contributed by atoms with E-state index < -0.39 is 5.91 Å². The van der Waals surface area contributed by atoms with Crippen LogP contribution in [0.25, 0.3) is 0 Å². The van der Waals surface area contributed by atoms with Gasteiger partial charge in [-0.1, -0.05) is 0 Å². The molecule has 1 heterocycles. The Labute approximate surface area is 129 Å². The second kappa shape index (κ2) is 5.96. The molecule has 1 aliphatic carbocycles. The maximum absolute atomic E-state index is 12.3. The molecule has 1 spiro atoms. The normalized spacial score (nSPS) is 22.1. The third-order valence-corrected chi connectivity index (χ3v) is 4.61. The number of hydrogen-bond acceptors (Lipinski definition) is 4. The van der Waals surface area contributed by atoms with E-state index in [4.69, 9.17) is 10.5 Å². The minimum Gasteiger partial charge on any atom is -0.484 e. The zero-order chi connectivity index (χ0) is 15.6. The lowest BCUT2D eigenvalue weighted by Gasteiger charge is -2.23. The highest BCUT2D eigenvalue weighted by Gasteiger charge is 2.57. The third kappa shape index (κ3) is 3.22. The van der Waals surface area contributed by atoms with Crippen LogP contribution >= 0.6 is 0 Å². The molecule has 1 saturated heterocycles. The van der Waals surface area contributed by atoms with Gasteiger partial charge < -0.3 is 21.1 Å². The Bertz CT molecular complexity index is 565. The van der Waals surface area contributed by atoms with Crippen LogP contribution in [0.1, 0.15) is 19.3 Å². The number of ether oxygens (including phenoxy) is 1. The van der Waals surface area contributed by atoms with Gasteiger partial charge in [-0.15, -0.1) is 0 Å². The number of benzene rings is 1. The molecule has 118 valence electrons. The number of nitrogens with one attached hydrogen (secondary N) is 2. The van der Waals surface area contributed by atoms with Crippen molar-refractivity contribution in [1.29, 1.82) is 0 Å². The summed E-state index contributed by atoms with van der Waals surface area (Å²) in [6, 6.07) is 6.97. The van der Waals surface area contributed by atoms with Crippen LogP contribution in [0.5, 0.6) is 5.75 Å². The van der Waals surface area contributed by atoms with Crippen molar-refractivity contribution in [2.24, 2.45) is 17.1 Å². The molecule has 2 fully saturated rings. The van der Waals surface area contributed by atoms with E-state index in [1.54, 1.807) is 24.3 Å². The molecule has 3 rings (SSSR count). The van der Waals surface area contributed by atoms with E-state index in [1.807, 2.05) is 0 Å². The quantitative estimate of drug-likeness (QED) is 0.752. The van der Waals surface area contributed by atoms with Gasteiger partial charge in [-0.2, -0.15) is 0 Å². The van der Waals surface area contributed by atoms with Gasteiger partial charge in [0.1, 0.15) is 5.75 Å². The monoisotopic (exact) mass is 303 g/mol. The van der Waals surface area contributed by atoms with Crippen molar-refractivity contribution >= 4 is 17.5 Å². The van der Waals surface area contributed by atoms with Crippen LogP contribution in [-0.2, 0) is 9.59 Å². The Kier molecular flexibility index (Phi) is 4.02. The van der Waals surface area contributed by atoms with Crippen molar-refractivity contribution in [1.82, 2.24) is 5.32 Å². The van der Waals surface area contributed by atoms with E-state index in [9.17, 15) is 9.59 Å². The molecule has 6 nitrogen and oxygen atoms in total. The smallest absolute Gasteiger partial charge is 0.255 e. The average Bonchev–Trinajstić information content (AvgIpc) is 3.20. The Morgan fingerprint density at radius 2 is 1.95 bits per heavy atom. The Hall–Kier alpha value is -2.08. The first-order chi connectivity index (χ1) is 10.6. The molecular formula is C16H21N3O3. The first kappa shape index (κ1) is 14.8. The molecule has 1 atom stereocenters. The third-order valence-electron chi connectivity index (χ3n) is 4.61. The summed E-state index contributed by atoms with van der Waals surface area (Å²) < 4.78 is 5.18. The maximum Gasteiger partial charge on any atom is 0.255 e. The van der Waals surface area contributed by atoms with Crippen LogP contribution in [0.4, 0.5) is 5.69 Å². The number of piperidine rings is 1. The van der Waals surface area contributed by atoms with Gasteiger partial charge in [0.25, 0.3) is 5.91 Å². The summed E-state index contributed by atoms with van der Waals surface area (Å²) in [6.07, 6.45) is 3.18. The first-order valence-electron chi connectivity index (χ1n) is 7.62. The second-order valence-electron chi connectivity index (χ2n) is 6.14. The molecule has 22 heavy (non-hydrogen) atoms. The van der Waals surface area contributed by atoms with Gasteiger partial charge in [-0.25, -0.2) is 0 Å². The number of carbonyl (C=O) groups excluding carboxylic acids is 2. The molecule has 6 heteroatoms. The molecule has 1 aromatic carbocycles. The summed E-state index contributed by atoms with van der Waals surface area (Å²) >= 11 is 0. The predicted molar refractivity (Wildman–Crippen MR) is 82.4 cm³/mol. The molecule has 1 saturated carbocycles. The van der Waals surface area contributed by atoms with E-state index in [-0.39, 0.29) is 23.8 Å². The van der Waals surface area contributed by atoms with Crippen molar-refractivity contribution in [3.05, 3.63) is 24.3 Å². The van der Waals surface area contributed by atoms with Crippen molar-refractivity contribution in [3.63, 3.8) is 0 Å². The fourth-order valence-corrected chi connectivity index (χ4v) is 3.21. The zero-order valence-corrected chi connectivity index (χ0v) is 12.4. The molecule has 0 bridgehead atoms. The lowest BCUT2D eigenvalue weighted by atomic mass is 9.92. The Balaban J connectivity index is 1.53. The van der Waals surface area contributed by atoms with Crippen LogP contribution in [0, 0.1) is 11.3 Å². The van der Waals surface area contributed by atoms with Crippen LogP contribution in [-0.4, -0.2) is 31.5 Å². The topological polar surface area (TPSA) is 93.5 Å². The summed E-state index contributed by atoms with van der Waals surface area (Å²) in [6.45, 7) is 1.87. The van der Waals surface area contributed by atoms with Gasteiger partial charge in [0.2, 0.25) is 5.91 Å². The minimum atomic E-state index is -0.515. The van der Waals surface area contributed by atoms with E-state index in [2.05, 4.69) is 10.6 Å². The van der Waals surface area contributed by atoms with Crippen molar-refractivity contribution in [3.8, 4) is 5.75 Å². The molecule has 1 unspecified atom stereocenters. The first-order valence-corrected chi connectivity index (χ1v) is 7.62. The predicted octanol–water partition coefficient (Wildman–Crippen LogP) is 0.879. The zero-order valence-electron chi connectivity index (χ0n) is 12.4. The van der Waals surface area contributed by atoms with E-state index in [0.29, 0.717) is 5.75 Å². The number of hydrogen-bond donors (Lipinski definition) is 3. The largest absolute Gasteiger partial charge is 0.484 e. The minimum absolute atomic E-state index is 0.104. The van der Waals surface area contributed by atoms with Gasteiger partial charge in [0, 0.05) is 11.6 Å². The van der Waals surface area contributed by atoms with E-state index in [1.165, 1.54) is 0 Å². The molecule has 1 aliphatic heterocycles. The average molecular weight is 303 g/mol. The lowest BCUT2D eigenvalue weighted by Crippen LogP contribution is -2.31. The molecular weight excluding hydrogens is 282 g/mol. The summed E-state index contributed by atoms with van der Waals surface area (Å²) in [4.78, 5) is 23.0. The summed E-state index contributed by atoms with van der Waals surface area (Å²) in [5.74, 6) is 0.282. The standard InChI is InChI=1S/C16H21N3O3/c17-14(20)10-22-12-3-1-11(2-4-12)19-15(21)13-9-16(13)5-7-18-8-6-16/h1-4,13,18H,5-10H2,(H2,17,20)(H,19,21). The molecule has 4 N–H and O–H groups in total. The van der Waals surface area contributed by atoms with Crippen LogP contribution in [0.15, 0.2) is 24.3 Å². The van der Waals surface area contributed by atoms with Crippen molar-refractivity contribution in [2.75, 3.05) is 25.0 Å². The van der Waals surface area contributed by atoms with E-state index in [0.717, 1.165) is 38.0 Å². The lowest BCUT2D eigenvalue weighted by molar-refractivity contribution is -0.120. The Morgan fingerprint density at radius 3 is 2.59 bits per heavy atom. The molecule has 2 aliphatic rings. The van der Waals surface area contributed by atoms with Gasteiger partial charge in [0.15, 0.2) is 6.61 Å². The molecule has 1 aromatic rings. The number of carbonyl (C=O) groups is 2. The number of rotatable bonds is 5. The van der Waals surface area contributed by atoms with Crippen LogP contribution in [0.2, 0.25) is 0 Å². The number of nitrogens with two attached hydrogens (primary N) is 1. The highest BCUT2D eigenvalue weighted by Crippen LogP contribution is 2.58. The van der Waals surface area contributed by atoms with Gasteiger partial charge in [-0.3, -0.25) is 9.59 Å². The van der Waals surface area contributed by atoms with Crippen molar-refractivity contribution in [2.45, 2.75) is 19.3 Å². The highest BCUT2D eigenvalue weighted by atomic mass is 16.5. The van der Waals surface area contributed by atoms with Crippen LogP contribution < -0.4 is 21.1 Å². The summed E-state index contributed by atoms with van der Waals surface area (Å²) in [7, 11) is 0. The Morgan fingerprint density at radius 1 is 1.27 bits per heavy atom. The molecule has 0 aromatic heterocycles. The van der Waals surface area contributed by atoms with Gasteiger partial charge >= 0.3 is 0 Å². The summed E-state index contributed by atoms with van der Waals surface area (Å²) in [5, 5.41) is 6.30. The number of primary amides is 1. The van der Waals surface area contributed by atoms with Gasteiger partial charge in [-0.05, 0) is 62.0 Å². The molecule has 0 radical (unpaired) electrons. The molecule has 2 amide bonds. The fraction of sp³-hybridized carbons (Fsp3) is 0.500. The highest BCUT2D eigenvalue weighted by molar-refractivity contribution is 5.95. The summed E-state index contributed by atoms with van der Waals surface area (Å²) in [5.41, 5.74) is 6.00. The second-order valence-corrected chi connectivity index (χ2v) is 6.14. The van der Waals surface area contributed by atoms with Crippen molar-refractivity contribution < 1.29 is 14.3 Å². The number of amides is 2. The fourth-order valence-electron chi connectivity index (χ4n) is 3.21. The van der Waals surface area contributed by atoms with Crippen LogP contribution in [0.3, 0.4) is 0 Å². The maximum atomic E-state index is 12.3. The SMILES string of the molecule is NC(=O)COc1ccc(NC(=O)C2CC23CCNCC3)cc1. The van der Waals surface area contributed by atoms with E-state index >= 15 is 0 Å².